The first-order valence-corrected chi connectivity index (χ1v) is 8.06. The first-order valence-electron chi connectivity index (χ1n) is 8.06. The molecule has 2 heterocycles. The number of amides is 1. The molecule has 0 saturated heterocycles. The summed E-state index contributed by atoms with van der Waals surface area (Å²) in [4.78, 5) is 19.8. The molecule has 1 unspecified atom stereocenters. The highest BCUT2D eigenvalue weighted by molar-refractivity contribution is 5.96. The summed E-state index contributed by atoms with van der Waals surface area (Å²) in [5, 5.41) is 3.90. The largest absolute Gasteiger partial charge is 0.490 e. The number of ether oxygens (including phenoxy) is 1. The van der Waals surface area contributed by atoms with E-state index in [0.29, 0.717) is 11.7 Å². The molecule has 24 heavy (non-hydrogen) atoms. The lowest BCUT2D eigenvalue weighted by Crippen LogP contribution is -2.13. The number of dihydropyridines is 1. The molecule has 2 aromatic rings. The minimum atomic E-state index is -0.579. The molecule has 1 aliphatic heterocycles. The molecule has 6 heteroatoms. The highest BCUT2D eigenvalue weighted by atomic mass is 16.5. The Morgan fingerprint density at radius 2 is 1.96 bits per heavy atom. The highest BCUT2D eigenvalue weighted by Gasteiger charge is 2.24. The highest BCUT2D eigenvalue weighted by Crippen LogP contribution is 2.25. The number of allylic oxidation sites excluding steroid dienone is 1. The van der Waals surface area contributed by atoms with E-state index < -0.39 is 5.92 Å². The fourth-order valence-corrected chi connectivity index (χ4v) is 2.44. The van der Waals surface area contributed by atoms with Crippen LogP contribution < -0.4 is 4.74 Å². The van der Waals surface area contributed by atoms with E-state index in [0.717, 1.165) is 24.2 Å². The van der Waals surface area contributed by atoms with E-state index in [-0.39, 0.29) is 12.0 Å². The van der Waals surface area contributed by atoms with Crippen LogP contribution in [0.25, 0.3) is 11.5 Å². The van der Waals surface area contributed by atoms with Crippen molar-refractivity contribution in [3.63, 3.8) is 0 Å². The van der Waals surface area contributed by atoms with Crippen LogP contribution in [0.2, 0.25) is 0 Å². The Morgan fingerprint density at radius 1 is 1.21 bits per heavy atom. The van der Waals surface area contributed by atoms with Gasteiger partial charge in [-0.05, 0) is 43.2 Å². The topological polar surface area (TPSA) is 77.6 Å². The third kappa shape index (κ3) is 3.42. The second-order valence-corrected chi connectivity index (χ2v) is 5.52. The van der Waals surface area contributed by atoms with Crippen LogP contribution in [0.5, 0.6) is 5.75 Å². The van der Waals surface area contributed by atoms with E-state index in [2.05, 4.69) is 29.0 Å². The monoisotopic (exact) mass is 325 g/mol. The van der Waals surface area contributed by atoms with Gasteiger partial charge >= 0.3 is 0 Å². The van der Waals surface area contributed by atoms with Gasteiger partial charge in [0, 0.05) is 11.8 Å². The van der Waals surface area contributed by atoms with Crippen LogP contribution in [0, 0.1) is 0 Å². The standard InChI is InChI=1S/C18H19N3O3/c1-3-13(4-2)23-14-9-7-12(8-10-14)18-20-16(21-24-18)15-6-5-11-19-17(15)22/h5-11,13,15H,3-4H2,1-2H3. The lowest BCUT2D eigenvalue weighted by atomic mass is 10.1. The van der Waals surface area contributed by atoms with Crippen molar-refractivity contribution in [3.8, 4) is 17.2 Å². The molecule has 0 fully saturated rings. The van der Waals surface area contributed by atoms with Gasteiger partial charge in [-0.2, -0.15) is 4.98 Å². The maximum atomic E-state index is 11.8. The Labute approximate surface area is 140 Å². The molecular formula is C18H19N3O3. The average molecular weight is 325 g/mol. The number of hydrogen-bond donors (Lipinski definition) is 0. The molecule has 1 aromatic heterocycles. The Morgan fingerprint density at radius 3 is 2.62 bits per heavy atom. The molecule has 0 saturated carbocycles. The summed E-state index contributed by atoms with van der Waals surface area (Å²) in [6.07, 6.45) is 7.02. The number of carbonyl (C=O) groups is 1. The lowest BCUT2D eigenvalue weighted by molar-refractivity contribution is -0.118. The molecule has 3 rings (SSSR count). The normalized spacial score (nSPS) is 16.8. The third-order valence-corrected chi connectivity index (χ3v) is 3.89. The molecule has 1 aliphatic rings. The van der Waals surface area contributed by atoms with Gasteiger partial charge in [0.2, 0.25) is 0 Å². The van der Waals surface area contributed by atoms with E-state index in [9.17, 15) is 4.79 Å². The number of rotatable bonds is 6. The third-order valence-electron chi connectivity index (χ3n) is 3.89. The van der Waals surface area contributed by atoms with Crippen molar-refractivity contribution in [3.05, 3.63) is 42.2 Å². The molecule has 6 nitrogen and oxygen atoms in total. The van der Waals surface area contributed by atoms with Crippen molar-refractivity contribution in [2.75, 3.05) is 0 Å². The lowest BCUT2D eigenvalue weighted by Gasteiger charge is -2.15. The van der Waals surface area contributed by atoms with Crippen LogP contribution in [0.1, 0.15) is 38.4 Å². The molecule has 1 aromatic carbocycles. The van der Waals surface area contributed by atoms with Crippen LogP contribution in [0.15, 0.2) is 45.9 Å². The van der Waals surface area contributed by atoms with Gasteiger partial charge in [-0.15, -0.1) is 0 Å². The van der Waals surface area contributed by atoms with E-state index in [1.807, 2.05) is 24.3 Å². The van der Waals surface area contributed by atoms with Gasteiger partial charge in [-0.3, -0.25) is 4.79 Å². The van der Waals surface area contributed by atoms with Crippen LogP contribution in [0.4, 0.5) is 0 Å². The molecular weight excluding hydrogens is 306 g/mol. The van der Waals surface area contributed by atoms with Crippen molar-refractivity contribution in [2.45, 2.75) is 38.7 Å². The first kappa shape index (κ1) is 16.1. The molecule has 0 bridgehead atoms. The fourth-order valence-electron chi connectivity index (χ4n) is 2.44. The van der Waals surface area contributed by atoms with Gasteiger partial charge in [-0.1, -0.05) is 25.1 Å². The molecule has 1 atom stereocenters. The smallest absolute Gasteiger partial charge is 0.260 e. The number of benzene rings is 1. The molecule has 0 aliphatic carbocycles. The van der Waals surface area contributed by atoms with Crippen LogP contribution in [-0.2, 0) is 4.79 Å². The number of nitrogens with zero attached hydrogens (tertiary/aromatic N) is 3. The Hall–Kier alpha value is -2.76. The Balaban J connectivity index is 1.74. The Kier molecular flexibility index (Phi) is 4.84. The molecule has 124 valence electrons. The average Bonchev–Trinajstić information content (AvgIpc) is 3.10. The minimum Gasteiger partial charge on any atom is -0.490 e. The number of carbonyl (C=O) groups excluding carboxylic acids is 1. The van der Waals surface area contributed by atoms with E-state index in [1.54, 1.807) is 12.2 Å². The predicted molar refractivity (Wildman–Crippen MR) is 90.1 cm³/mol. The van der Waals surface area contributed by atoms with E-state index in [1.165, 1.54) is 6.21 Å². The molecule has 1 amide bonds. The predicted octanol–water partition coefficient (Wildman–Crippen LogP) is 3.55. The maximum Gasteiger partial charge on any atom is 0.260 e. The number of aliphatic imine (C=N–C) groups is 1. The van der Waals surface area contributed by atoms with Gasteiger partial charge in [0.25, 0.3) is 11.8 Å². The van der Waals surface area contributed by atoms with Crippen molar-refractivity contribution >= 4 is 12.1 Å². The quantitative estimate of drug-likeness (QED) is 0.811. The summed E-state index contributed by atoms with van der Waals surface area (Å²) in [7, 11) is 0. The zero-order valence-electron chi connectivity index (χ0n) is 13.7. The van der Waals surface area contributed by atoms with E-state index >= 15 is 0 Å². The second kappa shape index (κ2) is 7.21. The zero-order chi connectivity index (χ0) is 16.9. The minimum absolute atomic E-state index is 0.218. The SMILES string of the molecule is CCC(CC)Oc1ccc(-c2nc(C3C=CC=NC3=O)no2)cc1. The van der Waals surface area contributed by atoms with Crippen LogP contribution in [-0.4, -0.2) is 28.4 Å². The van der Waals surface area contributed by atoms with Gasteiger partial charge in [-0.25, -0.2) is 4.99 Å². The summed E-state index contributed by atoms with van der Waals surface area (Å²) in [6.45, 7) is 4.21. The maximum absolute atomic E-state index is 11.8. The number of aromatic nitrogens is 2. The van der Waals surface area contributed by atoms with E-state index in [4.69, 9.17) is 9.26 Å². The number of hydrogen-bond acceptors (Lipinski definition) is 5. The second-order valence-electron chi connectivity index (χ2n) is 5.52. The van der Waals surface area contributed by atoms with Gasteiger partial charge < -0.3 is 9.26 Å². The van der Waals surface area contributed by atoms with Crippen LogP contribution >= 0.6 is 0 Å². The Bertz CT molecular complexity index is 758. The zero-order valence-corrected chi connectivity index (χ0v) is 13.7. The van der Waals surface area contributed by atoms with Crippen molar-refractivity contribution in [1.82, 2.24) is 10.1 Å². The molecule has 0 radical (unpaired) electrons. The molecule has 0 N–H and O–H groups in total. The van der Waals surface area contributed by atoms with Gasteiger partial charge in [0.15, 0.2) is 5.82 Å². The summed E-state index contributed by atoms with van der Waals surface area (Å²) < 4.78 is 11.2. The summed E-state index contributed by atoms with van der Waals surface area (Å²) in [5.41, 5.74) is 0.779. The van der Waals surface area contributed by atoms with Crippen molar-refractivity contribution < 1.29 is 14.1 Å². The van der Waals surface area contributed by atoms with Crippen molar-refractivity contribution in [1.29, 1.82) is 0 Å². The summed E-state index contributed by atoms with van der Waals surface area (Å²) in [6, 6.07) is 7.50. The fraction of sp³-hybridized carbons (Fsp3) is 0.333. The molecule has 0 spiro atoms. The first-order chi connectivity index (χ1) is 11.7. The van der Waals surface area contributed by atoms with Crippen LogP contribution in [0.3, 0.4) is 0 Å². The van der Waals surface area contributed by atoms with Gasteiger partial charge in [0.1, 0.15) is 11.7 Å². The van der Waals surface area contributed by atoms with Crippen molar-refractivity contribution in [2.24, 2.45) is 4.99 Å². The van der Waals surface area contributed by atoms with Gasteiger partial charge in [0.05, 0.1) is 6.10 Å². The summed E-state index contributed by atoms with van der Waals surface area (Å²) in [5.74, 6) is 0.631. The summed E-state index contributed by atoms with van der Waals surface area (Å²) >= 11 is 0.